The molecule has 26 heavy (non-hydrogen) atoms. The highest BCUT2D eigenvalue weighted by molar-refractivity contribution is 5.64. The van der Waals surface area contributed by atoms with Crippen molar-refractivity contribution in [3.8, 4) is 11.1 Å². The standard InChI is InChI=1S/C24H29FO/c1-26-18-20-7-11-22(12-8-20)24-15-13-23(14-16-24)21-9-5-19(6-10-21)4-2-3-17-25/h3,7-8,11-17,19,21H,2,4-6,9-10,18H2,1H3. The monoisotopic (exact) mass is 352 g/mol. The first-order valence-electron chi connectivity index (χ1n) is 9.73. The average molecular weight is 352 g/mol. The molecule has 0 heterocycles. The second-order valence-corrected chi connectivity index (χ2v) is 7.41. The van der Waals surface area contributed by atoms with Gasteiger partial charge in [-0.3, -0.25) is 0 Å². The van der Waals surface area contributed by atoms with Crippen LogP contribution in [0, 0.1) is 5.92 Å². The molecule has 0 radical (unpaired) electrons. The van der Waals surface area contributed by atoms with E-state index in [1.165, 1.54) is 47.9 Å². The van der Waals surface area contributed by atoms with Gasteiger partial charge in [-0.2, -0.15) is 0 Å². The molecule has 2 aromatic carbocycles. The van der Waals surface area contributed by atoms with E-state index < -0.39 is 0 Å². The summed E-state index contributed by atoms with van der Waals surface area (Å²) in [5, 5.41) is 0. The summed E-state index contributed by atoms with van der Waals surface area (Å²) in [6, 6.07) is 17.7. The van der Waals surface area contributed by atoms with Crippen LogP contribution in [0.25, 0.3) is 11.1 Å². The van der Waals surface area contributed by atoms with Crippen molar-refractivity contribution >= 4 is 0 Å². The van der Waals surface area contributed by atoms with E-state index in [0.29, 0.717) is 18.9 Å². The van der Waals surface area contributed by atoms with Gasteiger partial charge in [0.25, 0.3) is 0 Å². The van der Waals surface area contributed by atoms with Crippen molar-refractivity contribution in [2.75, 3.05) is 7.11 Å². The minimum atomic E-state index is 0.659. The van der Waals surface area contributed by atoms with Crippen LogP contribution in [0.15, 0.2) is 60.9 Å². The van der Waals surface area contributed by atoms with Gasteiger partial charge in [0.15, 0.2) is 0 Å². The number of benzene rings is 2. The van der Waals surface area contributed by atoms with E-state index in [0.717, 1.165) is 18.8 Å². The number of halogens is 1. The summed E-state index contributed by atoms with van der Waals surface area (Å²) in [6.45, 7) is 0.659. The van der Waals surface area contributed by atoms with Gasteiger partial charge in [0.05, 0.1) is 12.9 Å². The quantitative estimate of drug-likeness (QED) is 0.519. The van der Waals surface area contributed by atoms with Gasteiger partial charge < -0.3 is 4.74 Å². The van der Waals surface area contributed by atoms with Crippen LogP contribution < -0.4 is 0 Å². The molecule has 3 rings (SSSR count). The van der Waals surface area contributed by atoms with E-state index in [-0.39, 0.29) is 0 Å². The summed E-state index contributed by atoms with van der Waals surface area (Å²) in [5.74, 6) is 1.45. The zero-order chi connectivity index (χ0) is 18.2. The molecule has 0 saturated heterocycles. The third-order valence-corrected chi connectivity index (χ3v) is 5.66. The van der Waals surface area contributed by atoms with E-state index in [9.17, 15) is 4.39 Å². The number of methoxy groups -OCH3 is 1. The molecule has 1 aliphatic rings. The summed E-state index contributed by atoms with van der Waals surface area (Å²) < 4.78 is 17.2. The molecule has 1 aliphatic carbocycles. The molecular weight excluding hydrogens is 323 g/mol. The summed E-state index contributed by atoms with van der Waals surface area (Å²) >= 11 is 0. The SMILES string of the molecule is COCc1ccc(-c2ccc(C3CCC(CCC=CF)CC3)cc2)cc1. The van der Waals surface area contributed by atoms with E-state index in [4.69, 9.17) is 4.74 Å². The second kappa shape index (κ2) is 9.68. The molecule has 0 aliphatic heterocycles. The van der Waals surface area contributed by atoms with Crippen LogP contribution >= 0.6 is 0 Å². The third-order valence-electron chi connectivity index (χ3n) is 5.66. The van der Waals surface area contributed by atoms with Crippen LogP contribution in [0.3, 0.4) is 0 Å². The molecule has 2 aromatic rings. The van der Waals surface area contributed by atoms with Crippen molar-refractivity contribution in [1.29, 1.82) is 0 Å². The fraction of sp³-hybridized carbons (Fsp3) is 0.417. The van der Waals surface area contributed by atoms with E-state index in [2.05, 4.69) is 48.5 Å². The van der Waals surface area contributed by atoms with Gasteiger partial charge in [0, 0.05) is 7.11 Å². The molecule has 0 spiro atoms. The average Bonchev–Trinajstić information content (AvgIpc) is 2.70. The predicted molar refractivity (Wildman–Crippen MR) is 107 cm³/mol. The van der Waals surface area contributed by atoms with Crippen LogP contribution in [0.2, 0.25) is 0 Å². The van der Waals surface area contributed by atoms with E-state index >= 15 is 0 Å². The molecular formula is C24H29FO. The van der Waals surface area contributed by atoms with Gasteiger partial charge in [-0.1, -0.05) is 54.6 Å². The number of rotatable bonds is 7. The molecule has 0 N–H and O–H groups in total. The van der Waals surface area contributed by atoms with Gasteiger partial charge in [0.1, 0.15) is 0 Å². The lowest BCUT2D eigenvalue weighted by Crippen LogP contribution is -2.13. The molecule has 0 atom stereocenters. The topological polar surface area (TPSA) is 9.23 Å². The molecule has 1 fully saturated rings. The molecule has 1 saturated carbocycles. The highest BCUT2D eigenvalue weighted by Gasteiger charge is 2.21. The van der Waals surface area contributed by atoms with E-state index in [1.807, 2.05) is 0 Å². The maximum absolute atomic E-state index is 12.1. The van der Waals surface area contributed by atoms with Crippen molar-refractivity contribution in [1.82, 2.24) is 0 Å². The molecule has 138 valence electrons. The Hall–Kier alpha value is -1.93. The predicted octanol–water partition coefficient (Wildman–Crippen LogP) is 7.04. The molecule has 0 amide bonds. The van der Waals surface area contributed by atoms with Crippen LogP contribution in [-0.4, -0.2) is 7.11 Å². The summed E-state index contributed by atoms with van der Waals surface area (Å²) in [6.07, 6.45) is 9.39. The Labute approximate surface area is 156 Å². The Morgan fingerprint density at radius 2 is 1.54 bits per heavy atom. The van der Waals surface area contributed by atoms with Crippen molar-refractivity contribution < 1.29 is 9.13 Å². The van der Waals surface area contributed by atoms with Crippen molar-refractivity contribution in [2.45, 2.75) is 51.0 Å². The molecule has 2 heteroatoms. The van der Waals surface area contributed by atoms with Gasteiger partial charge >= 0.3 is 0 Å². The number of allylic oxidation sites excluding steroid dienone is 1. The van der Waals surface area contributed by atoms with Crippen molar-refractivity contribution in [3.05, 3.63) is 72.1 Å². The number of ether oxygens (including phenoxy) is 1. The van der Waals surface area contributed by atoms with Gasteiger partial charge in [0.2, 0.25) is 0 Å². The molecule has 0 bridgehead atoms. The zero-order valence-electron chi connectivity index (χ0n) is 15.7. The van der Waals surface area contributed by atoms with Gasteiger partial charge in [-0.15, -0.1) is 0 Å². The van der Waals surface area contributed by atoms with Crippen LogP contribution in [-0.2, 0) is 11.3 Å². The Morgan fingerprint density at radius 3 is 2.12 bits per heavy atom. The highest BCUT2D eigenvalue weighted by Crippen LogP contribution is 2.38. The molecule has 1 nitrogen and oxygen atoms in total. The van der Waals surface area contributed by atoms with Gasteiger partial charge in [-0.05, 0) is 72.6 Å². The molecule has 0 unspecified atom stereocenters. The maximum atomic E-state index is 12.1. The summed E-state index contributed by atoms with van der Waals surface area (Å²) in [5.41, 5.74) is 5.18. The first-order valence-corrected chi connectivity index (χ1v) is 9.73. The maximum Gasteiger partial charge on any atom is 0.0827 e. The van der Waals surface area contributed by atoms with Crippen LogP contribution in [0.5, 0.6) is 0 Å². The number of hydrogen-bond acceptors (Lipinski definition) is 1. The summed E-state index contributed by atoms with van der Waals surface area (Å²) in [7, 11) is 1.72. The van der Waals surface area contributed by atoms with Crippen LogP contribution in [0.4, 0.5) is 4.39 Å². The first kappa shape index (κ1) is 18.8. The lowest BCUT2D eigenvalue weighted by Gasteiger charge is -2.28. The Morgan fingerprint density at radius 1 is 0.923 bits per heavy atom. The van der Waals surface area contributed by atoms with E-state index in [1.54, 1.807) is 13.2 Å². The summed E-state index contributed by atoms with van der Waals surface area (Å²) in [4.78, 5) is 0. The van der Waals surface area contributed by atoms with Crippen molar-refractivity contribution in [3.63, 3.8) is 0 Å². The fourth-order valence-electron chi connectivity index (χ4n) is 4.09. The first-order chi connectivity index (χ1) is 12.8. The smallest absolute Gasteiger partial charge is 0.0827 e. The normalized spacial score (nSPS) is 20.5. The fourth-order valence-corrected chi connectivity index (χ4v) is 4.09. The minimum Gasteiger partial charge on any atom is -0.380 e. The number of hydrogen-bond donors (Lipinski definition) is 0. The molecule has 0 aromatic heterocycles. The lowest BCUT2D eigenvalue weighted by atomic mass is 9.77. The second-order valence-electron chi connectivity index (χ2n) is 7.41. The van der Waals surface area contributed by atoms with Gasteiger partial charge in [-0.25, -0.2) is 4.39 Å². The van der Waals surface area contributed by atoms with Crippen molar-refractivity contribution in [2.24, 2.45) is 5.92 Å². The Balaban J connectivity index is 1.56. The zero-order valence-corrected chi connectivity index (χ0v) is 15.7. The lowest BCUT2D eigenvalue weighted by molar-refractivity contribution is 0.185. The Kier molecular flexibility index (Phi) is 7.02. The highest BCUT2D eigenvalue weighted by atomic mass is 19.1. The third kappa shape index (κ3) is 5.04. The van der Waals surface area contributed by atoms with Crippen LogP contribution in [0.1, 0.15) is 55.6 Å². The Bertz CT molecular complexity index is 679. The minimum absolute atomic E-state index is 0.659. The largest absolute Gasteiger partial charge is 0.380 e.